The SMILES string of the molecule is COP(=O)([O-])C(OC(C)=O)S(C)(=O)=O.[Li+]. The fourth-order valence-corrected chi connectivity index (χ4v) is 3.51. The van der Waals surface area contributed by atoms with Gasteiger partial charge in [-0.3, -0.25) is 4.79 Å². The fraction of sp³-hybridized carbons (Fsp3) is 0.800. The number of sulfone groups is 1. The first-order valence-corrected chi connectivity index (χ1v) is 6.90. The van der Waals surface area contributed by atoms with Gasteiger partial charge >= 0.3 is 24.8 Å². The van der Waals surface area contributed by atoms with E-state index in [0.29, 0.717) is 6.26 Å². The molecular formula is C5H10LiO7PS. The molecule has 0 saturated heterocycles. The number of esters is 1. The summed E-state index contributed by atoms with van der Waals surface area (Å²) in [5.41, 5.74) is 0. The van der Waals surface area contributed by atoms with Gasteiger partial charge in [-0.2, -0.15) is 0 Å². The first-order valence-electron chi connectivity index (χ1n) is 3.34. The van der Waals surface area contributed by atoms with E-state index in [2.05, 4.69) is 9.26 Å². The zero-order chi connectivity index (χ0) is 11.6. The molecule has 0 radical (unpaired) electrons. The zero-order valence-corrected chi connectivity index (χ0v) is 10.5. The summed E-state index contributed by atoms with van der Waals surface area (Å²) < 4.78 is 41.0. The largest absolute Gasteiger partial charge is 1.00 e. The number of rotatable bonds is 4. The Bertz CT molecular complexity index is 364. The molecule has 10 heteroatoms. The molecule has 0 N–H and O–H groups in total. The second-order valence-corrected chi connectivity index (χ2v) is 6.82. The molecule has 2 atom stereocenters. The second kappa shape index (κ2) is 6.04. The summed E-state index contributed by atoms with van der Waals surface area (Å²) in [6.45, 7) is 0.897. The molecule has 84 valence electrons. The van der Waals surface area contributed by atoms with E-state index in [1.807, 2.05) is 0 Å². The molecule has 0 saturated carbocycles. The predicted octanol–water partition coefficient (Wildman–Crippen LogP) is -3.92. The minimum absolute atomic E-state index is 0. The maximum atomic E-state index is 11.0. The number of carbonyl (C=O) groups is 1. The van der Waals surface area contributed by atoms with Gasteiger partial charge in [0.25, 0.3) is 5.18 Å². The van der Waals surface area contributed by atoms with E-state index in [-0.39, 0.29) is 18.9 Å². The summed E-state index contributed by atoms with van der Waals surface area (Å²) in [4.78, 5) is 21.5. The van der Waals surface area contributed by atoms with Crippen LogP contribution in [0.3, 0.4) is 0 Å². The molecule has 0 aliphatic heterocycles. The third-order valence-electron chi connectivity index (χ3n) is 1.15. The molecule has 0 aromatic carbocycles. The van der Waals surface area contributed by atoms with Crippen molar-refractivity contribution in [2.75, 3.05) is 13.4 Å². The Kier molecular flexibility index (Phi) is 7.07. The van der Waals surface area contributed by atoms with Gasteiger partial charge < -0.3 is 18.7 Å². The molecule has 15 heavy (non-hydrogen) atoms. The summed E-state index contributed by atoms with van der Waals surface area (Å²) in [5, 5.41) is -2.28. The van der Waals surface area contributed by atoms with E-state index in [1.165, 1.54) is 0 Å². The van der Waals surface area contributed by atoms with Gasteiger partial charge in [0.2, 0.25) is 0 Å². The maximum Gasteiger partial charge on any atom is 1.00 e. The molecule has 2 unspecified atom stereocenters. The van der Waals surface area contributed by atoms with Crippen LogP contribution in [0, 0.1) is 0 Å². The first-order chi connectivity index (χ1) is 6.11. The maximum absolute atomic E-state index is 11.0. The van der Waals surface area contributed by atoms with Crippen LogP contribution in [-0.4, -0.2) is 32.9 Å². The predicted molar refractivity (Wildman–Crippen MR) is 45.0 cm³/mol. The molecule has 7 nitrogen and oxygen atoms in total. The van der Waals surface area contributed by atoms with E-state index < -0.39 is 28.6 Å². The van der Waals surface area contributed by atoms with Crippen molar-refractivity contribution in [3.8, 4) is 0 Å². The van der Waals surface area contributed by atoms with Crippen LogP contribution in [0.2, 0.25) is 0 Å². The van der Waals surface area contributed by atoms with E-state index >= 15 is 0 Å². The normalized spacial score (nSPS) is 17.1. The van der Waals surface area contributed by atoms with Crippen LogP contribution in [0.4, 0.5) is 0 Å². The Morgan fingerprint density at radius 1 is 1.47 bits per heavy atom. The van der Waals surface area contributed by atoms with Crippen LogP contribution in [0.1, 0.15) is 6.92 Å². The average molecular weight is 252 g/mol. The molecule has 0 bridgehead atoms. The van der Waals surface area contributed by atoms with Gasteiger partial charge in [-0.05, 0) is 0 Å². The van der Waals surface area contributed by atoms with Crippen molar-refractivity contribution >= 4 is 23.4 Å². The summed E-state index contributed by atoms with van der Waals surface area (Å²) in [6.07, 6.45) is 0.629. The van der Waals surface area contributed by atoms with Crippen molar-refractivity contribution in [3.63, 3.8) is 0 Å². The van der Waals surface area contributed by atoms with Gasteiger partial charge in [0.1, 0.15) is 0 Å². The summed E-state index contributed by atoms with van der Waals surface area (Å²) in [7, 11) is -8.03. The van der Waals surface area contributed by atoms with E-state index in [4.69, 9.17) is 0 Å². The topological polar surface area (TPSA) is 110 Å². The molecule has 0 rings (SSSR count). The van der Waals surface area contributed by atoms with Crippen molar-refractivity contribution < 1.29 is 50.8 Å². The van der Waals surface area contributed by atoms with Gasteiger partial charge in [-0.1, -0.05) is 0 Å². The number of hydrogen-bond donors (Lipinski definition) is 0. The number of carbonyl (C=O) groups excluding carboxylic acids is 1. The van der Waals surface area contributed by atoms with Crippen molar-refractivity contribution in [2.24, 2.45) is 0 Å². The van der Waals surface area contributed by atoms with Gasteiger partial charge in [0, 0.05) is 20.3 Å². The van der Waals surface area contributed by atoms with Crippen LogP contribution in [-0.2, 0) is 28.5 Å². The Balaban J connectivity index is 0. The summed E-state index contributed by atoms with van der Waals surface area (Å²) >= 11 is 0. The van der Waals surface area contributed by atoms with Crippen molar-refractivity contribution in [3.05, 3.63) is 0 Å². The Morgan fingerprint density at radius 3 is 2.07 bits per heavy atom. The third-order valence-corrected chi connectivity index (χ3v) is 5.03. The average Bonchev–Trinajstić information content (AvgIpc) is 1.98. The molecule has 0 fully saturated rings. The van der Waals surface area contributed by atoms with Gasteiger partial charge in [-0.25, -0.2) is 8.42 Å². The third kappa shape index (κ3) is 5.71. The van der Waals surface area contributed by atoms with E-state index in [1.54, 1.807) is 0 Å². The van der Waals surface area contributed by atoms with Gasteiger partial charge in [0.15, 0.2) is 17.4 Å². The fourth-order valence-electron chi connectivity index (χ4n) is 0.614. The monoisotopic (exact) mass is 252 g/mol. The Labute approximate surface area is 99.8 Å². The minimum Gasteiger partial charge on any atom is -0.775 e. The quantitative estimate of drug-likeness (QED) is 0.285. The summed E-state index contributed by atoms with van der Waals surface area (Å²) in [6, 6.07) is 0. The van der Waals surface area contributed by atoms with Crippen molar-refractivity contribution in [1.29, 1.82) is 0 Å². The van der Waals surface area contributed by atoms with Crippen LogP contribution < -0.4 is 23.8 Å². The van der Waals surface area contributed by atoms with Crippen LogP contribution >= 0.6 is 7.60 Å². The zero-order valence-electron chi connectivity index (χ0n) is 8.79. The van der Waals surface area contributed by atoms with Crippen LogP contribution in [0.25, 0.3) is 0 Å². The molecule has 0 aromatic rings. The molecule has 0 heterocycles. The molecule has 0 aliphatic carbocycles. The molecule has 0 spiro atoms. The number of hydrogen-bond acceptors (Lipinski definition) is 7. The van der Waals surface area contributed by atoms with Crippen LogP contribution in [0.15, 0.2) is 0 Å². The Morgan fingerprint density at radius 2 is 1.87 bits per heavy atom. The first kappa shape index (κ1) is 17.6. The van der Waals surface area contributed by atoms with Crippen molar-refractivity contribution in [1.82, 2.24) is 0 Å². The smallest absolute Gasteiger partial charge is 0.775 e. The minimum atomic E-state index is -4.74. The van der Waals surface area contributed by atoms with Crippen LogP contribution in [0.5, 0.6) is 0 Å². The summed E-state index contributed by atoms with van der Waals surface area (Å²) in [5.74, 6) is -1.02. The standard InChI is InChI=1S/C5H11O7PS.Li/c1-4(6)12-5(14(3,9)10)13(7,8)11-2;/h5H,1-3H3,(H,7,8);/q;+1/p-1. The molecule has 0 aromatic heterocycles. The second-order valence-electron chi connectivity index (χ2n) is 2.47. The molecule has 0 aliphatic rings. The van der Waals surface area contributed by atoms with Gasteiger partial charge in [-0.15, -0.1) is 0 Å². The number of ether oxygens (including phenoxy) is 1. The molecular weight excluding hydrogens is 242 g/mol. The van der Waals surface area contributed by atoms with Gasteiger partial charge in [0.05, 0.1) is 0 Å². The molecule has 0 amide bonds. The van der Waals surface area contributed by atoms with E-state index in [0.717, 1.165) is 14.0 Å². The van der Waals surface area contributed by atoms with E-state index in [9.17, 15) is 22.7 Å². The van der Waals surface area contributed by atoms with Crippen molar-refractivity contribution in [2.45, 2.75) is 12.1 Å². The Hall–Kier alpha value is 0.167.